The van der Waals surface area contributed by atoms with Gasteiger partial charge in [-0.1, -0.05) is 36.4 Å². The van der Waals surface area contributed by atoms with Crippen LogP contribution in [0.3, 0.4) is 0 Å². The summed E-state index contributed by atoms with van der Waals surface area (Å²) in [4.78, 5) is 12.1. The van der Waals surface area contributed by atoms with Crippen molar-refractivity contribution >= 4 is 34.9 Å². The lowest BCUT2D eigenvalue weighted by Crippen LogP contribution is -2.06. The van der Waals surface area contributed by atoms with Crippen molar-refractivity contribution in [3.8, 4) is 5.75 Å². The molecule has 0 radical (unpaired) electrons. The van der Waals surface area contributed by atoms with Crippen LogP contribution < -0.4 is 9.46 Å². The molecule has 2 aromatic carbocycles. The van der Waals surface area contributed by atoms with E-state index >= 15 is 0 Å². The van der Waals surface area contributed by atoms with E-state index in [1.165, 1.54) is 19.1 Å². The van der Waals surface area contributed by atoms with Crippen molar-refractivity contribution in [2.24, 2.45) is 0 Å². The van der Waals surface area contributed by atoms with Crippen molar-refractivity contribution in [2.75, 3.05) is 11.8 Å². The second-order valence-corrected chi connectivity index (χ2v) is 7.16. The molecule has 0 atom stereocenters. The minimum atomic E-state index is -0.403. The number of hydrogen-bond acceptors (Lipinski definition) is 6. The molecule has 1 heterocycles. The highest BCUT2D eigenvalue weighted by Crippen LogP contribution is 2.30. The monoisotopic (exact) mass is 371 g/mol. The molecule has 0 saturated heterocycles. The molecule has 3 aromatic rings. The molecule has 0 aliphatic carbocycles. The Morgan fingerprint density at radius 3 is 2.68 bits per heavy atom. The average Bonchev–Trinajstić information content (AvgIpc) is 3.19. The maximum Gasteiger partial charge on any atom is 0.340 e. The van der Waals surface area contributed by atoms with Crippen LogP contribution in [0.2, 0.25) is 0 Å². The zero-order chi connectivity index (χ0) is 17.5. The summed E-state index contributed by atoms with van der Waals surface area (Å²) in [5.41, 5.74) is 2.20. The van der Waals surface area contributed by atoms with Crippen LogP contribution in [0.15, 0.2) is 70.3 Å². The SMILES string of the molecule is COC(=O)c1cc(OCc2ccccc2)ccc1NSc1cccs1. The Morgan fingerprint density at radius 2 is 1.96 bits per heavy atom. The van der Waals surface area contributed by atoms with Gasteiger partial charge < -0.3 is 14.2 Å². The number of benzene rings is 2. The van der Waals surface area contributed by atoms with Crippen LogP contribution in [0, 0.1) is 0 Å². The number of esters is 1. The van der Waals surface area contributed by atoms with Crippen molar-refractivity contribution in [1.82, 2.24) is 0 Å². The van der Waals surface area contributed by atoms with Crippen molar-refractivity contribution in [3.05, 3.63) is 77.2 Å². The van der Waals surface area contributed by atoms with Gasteiger partial charge in [-0.3, -0.25) is 0 Å². The van der Waals surface area contributed by atoms with Crippen LogP contribution in [-0.2, 0) is 11.3 Å². The Hall–Kier alpha value is -2.44. The lowest BCUT2D eigenvalue weighted by molar-refractivity contribution is 0.0601. The van der Waals surface area contributed by atoms with Crippen molar-refractivity contribution in [1.29, 1.82) is 0 Å². The standard InChI is InChI=1S/C19H17NO3S2/c1-22-19(21)16-12-15(23-13-14-6-3-2-4-7-14)9-10-17(16)20-25-18-8-5-11-24-18/h2-12,20H,13H2,1H3. The third kappa shape index (κ3) is 4.78. The van der Waals surface area contributed by atoms with E-state index in [0.717, 1.165) is 9.77 Å². The molecule has 6 heteroatoms. The molecule has 0 fully saturated rings. The maximum atomic E-state index is 12.1. The van der Waals surface area contributed by atoms with Crippen molar-refractivity contribution in [2.45, 2.75) is 10.8 Å². The van der Waals surface area contributed by atoms with Crippen LogP contribution in [0.5, 0.6) is 5.75 Å². The normalized spacial score (nSPS) is 10.3. The minimum absolute atomic E-state index is 0.403. The first-order valence-corrected chi connectivity index (χ1v) is 9.31. The number of thiophene rings is 1. The summed E-state index contributed by atoms with van der Waals surface area (Å²) in [6, 6.07) is 19.2. The Bertz CT molecular complexity index is 820. The summed E-state index contributed by atoms with van der Waals surface area (Å²) < 4.78 is 15.0. The van der Waals surface area contributed by atoms with Crippen LogP contribution in [0.25, 0.3) is 0 Å². The van der Waals surface area contributed by atoms with Gasteiger partial charge in [-0.05, 0) is 47.2 Å². The fourth-order valence-electron chi connectivity index (χ4n) is 2.15. The van der Waals surface area contributed by atoms with Gasteiger partial charge in [0.25, 0.3) is 0 Å². The van der Waals surface area contributed by atoms with Gasteiger partial charge in [0.15, 0.2) is 0 Å². The smallest absolute Gasteiger partial charge is 0.340 e. The molecule has 1 aromatic heterocycles. The van der Waals surface area contributed by atoms with E-state index < -0.39 is 5.97 Å². The second-order valence-electron chi connectivity index (χ2n) is 5.11. The van der Waals surface area contributed by atoms with E-state index in [1.807, 2.05) is 60.0 Å². The van der Waals surface area contributed by atoms with Crippen LogP contribution in [-0.4, -0.2) is 13.1 Å². The summed E-state index contributed by atoms with van der Waals surface area (Å²) in [5.74, 6) is 0.218. The van der Waals surface area contributed by atoms with Crippen molar-refractivity contribution in [3.63, 3.8) is 0 Å². The number of ether oxygens (including phenoxy) is 2. The number of anilines is 1. The van der Waals surface area contributed by atoms with Gasteiger partial charge in [0.1, 0.15) is 12.4 Å². The first-order chi connectivity index (χ1) is 12.3. The quantitative estimate of drug-likeness (QED) is 0.455. The van der Waals surface area contributed by atoms with E-state index in [-0.39, 0.29) is 0 Å². The highest BCUT2D eigenvalue weighted by molar-refractivity contribution is 8.02. The average molecular weight is 371 g/mol. The molecular weight excluding hydrogens is 354 g/mol. The van der Waals surface area contributed by atoms with E-state index in [0.29, 0.717) is 23.6 Å². The predicted molar refractivity (Wildman–Crippen MR) is 102 cm³/mol. The van der Waals surface area contributed by atoms with Gasteiger partial charge in [-0.25, -0.2) is 4.79 Å². The summed E-state index contributed by atoms with van der Waals surface area (Å²) in [6.07, 6.45) is 0. The van der Waals surface area contributed by atoms with E-state index in [1.54, 1.807) is 17.4 Å². The molecule has 0 spiro atoms. The number of carbonyl (C=O) groups is 1. The van der Waals surface area contributed by atoms with Gasteiger partial charge >= 0.3 is 5.97 Å². The predicted octanol–water partition coefficient (Wildman–Crippen LogP) is 5.23. The molecule has 0 aliphatic rings. The van der Waals surface area contributed by atoms with Crippen molar-refractivity contribution < 1.29 is 14.3 Å². The zero-order valence-corrected chi connectivity index (χ0v) is 15.2. The number of methoxy groups -OCH3 is 1. The van der Waals surface area contributed by atoms with E-state index in [9.17, 15) is 4.79 Å². The molecule has 1 N–H and O–H groups in total. The highest BCUT2D eigenvalue weighted by atomic mass is 32.2. The Morgan fingerprint density at radius 1 is 1.12 bits per heavy atom. The van der Waals surface area contributed by atoms with E-state index in [2.05, 4.69) is 4.72 Å². The number of nitrogens with one attached hydrogen (secondary N) is 1. The lowest BCUT2D eigenvalue weighted by Gasteiger charge is -2.12. The van der Waals surface area contributed by atoms with Gasteiger partial charge in [-0.15, -0.1) is 11.3 Å². The first kappa shape index (κ1) is 17.4. The highest BCUT2D eigenvalue weighted by Gasteiger charge is 2.14. The van der Waals surface area contributed by atoms with Gasteiger partial charge in [0, 0.05) is 0 Å². The first-order valence-electron chi connectivity index (χ1n) is 7.61. The van der Waals surface area contributed by atoms with E-state index in [4.69, 9.17) is 9.47 Å². The number of rotatable bonds is 7. The lowest BCUT2D eigenvalue weighted by atomic mass is 10.1. The van der Waals surface area contributed by atoms with Crippen LogP contribution in [0.1, 0.15) is 15.9 Å². The molecule has 25 heavy (non-hydrogen) atoms. The Labute approximate surface area is 154 Å². The van der Waals surface area contributed by atoms with Gasteiger partial charge in [-0.2, -0.15) is 0 Å². The number of carbonyl (C=O) groups excluding carboxylic acids is 1. The Balaban J connectivity index is 1.73. The molecule has 3 rings (SSSR count). The fourth-order valence-corrected chi connectivity index (χ4v) is 3.62. The summed E-state index contributed by atoms with van der Waals surface area (Å²) in [5, 5.41) is 2.01. The second kappa shape index (κ2) is 8.60. The molecule has 4 nitrogen and oxygen atoms in total. The number of hydrogen-bond donors (Lipinski definition) is 1. The molecule has 0 amide bonds. The fraction of sp³-hybridized carbons (Fsp3) is 0.105. The third-order valence-electron chi connectivity index (χ3n) is 3.40. The molecular formula is C19H17NO3S2. The molecule has 0 unspecified atom stereocenters. The molecule has 0 saturated carbocycles. The largest absolute Gasteiger partial charge is 0.489 e. The molecule has 0 bridgehead atoms. The van der Waals surface area contributed by atoms with Gasteiger partial charge in [0.2, 0.25) is 0 Å². The summed E-state index contributed by atoms with van der Waals surface area (Å²) >= 11 is 3.09. The molecule has 128 valence electrons. The summed E-state index contributed by atoms with van der Waals surface area (Å²) in [6.45, 7) is 0.443. The summed E-state index contributed by atoms with van der Waals surface area (Å²) in [7, 11) is 1.37. The zero-order valence-electron chi connectivity index (χ0n) is 13.6. The van der Waals surface area contributed by atoms with Crippen LogP contribution in [0.4, 0.5) is 5.69 Å². The Kier molecular flexibility index (Phi) is 5.98. The molecule has 0 aliphatic heterocycles. The topological polar surface area (TPSA) is 47.6 Å². The van der Waals surface area contributed by atoms with Crippen LogP contribution >= 0.6 is 23.3 Å². The third-order valence-corrected chi connectivity index (χ3v) is 5.26. The maximum absolute atomic E-state index is 12.1. The van der Waals surface area contributed by atoms with Gasteiger partial charge in [0.05, 0.1) is 22.6 Å². The minimum Gasteiger partial charge on any atom is -0.489 e.